The van der Waals surface area contributed by atoms with Crippen LogP contribution >= 0.6 is 11.3 Å². The zero-order valence-corrected chi connectivity index (χ0v) is 12.6. The highest BCUT2D eigenvalue weighted by atomic mass is 32.1. The van der Waals surface area contributed by atoms with E-state index >= 15 is 0 Å². The summed E-state index contributed by atoms with van der Waals surface area (Å²) in [5.41, 5.74) is 1.60. The Labute approximate surface area is 127 Å². The molecule has 108 valence electrons. The minimum Gasteiger partial charge on any atom is -0.333 e. The Kier molecular flexibility index (Phi) is 3.76. The largest absolute Gasteiger partial charge is 0.333 e. The third-order valence-electron chi connectivity index (χ3n) is 3.78. The van der Waals surface area contributed by atoms with Crippen molar-refractivity contribution in [3.8, 4) is 6.07 Å². The molecular formula is C15H16N4OS. The molecule has 2 aromatic heterocycles. The van der Waals surface area contributed by atoms with Crippen molar-refractivity contribution >= 4 is 17.2 Å². The highest BCUT2D eigenvalue weighted by Crippen LogP contribution is 2.25. The zero-order chi connectivity index (χ0) is 14.8. The number of aromatic nitrogens is 2. The molecule has 0 aromatic carbocycles. The lowest BCUT2D eigenvalue weighted by Crippen LogP contribution is -2.38. The van der Waals surface area contributed by atoms with Crippen LogP contribution in [0.5, 0.6) is 0 Å². The van der Waals surface area contributed by atoms with E-state index in [4.69, 9.17) is 5.26 Å². The Morgan fingerprint density at radius 3 is 3.19 bits per heavy atom. The Bertz CT molecular complexity index is 697. The van der Waals surface area contributed by atoms with Crippen LogP contribution in [0.2, 0.25) is 0 Å². The normalized spacial score (nSPS) is 17.9. The number of rotatable bonds is 3. The lowest BCUT2D eigenvalue weighted by molar-refractivity contribution is 0.0726. The van der Waals surface area contributed by atoms with Gasteiger partial charge in [-0.2, -0.15) is 10.4 Å². The van der Waals surface area contributed by atoms with Gasteiger partial charge in [0.15, 0.2) is 0 Å². The number of thiophene rings is 1. The van der Waals surface area contributed by atoms with Gasteiger partial charge in [0.2, 0.25) is 0 Å². The summed E-state index contributed by atoms with van der Waals surface area (Å²) >= 11 is 1.35. The van der Waals surface area contributed by atoms with E-state index in [1.165, 1.54) is 11.3 Å². The Balaban J connectivity index is 1.78. The first kappa shape index (κ1) is 13.8. The van der Waals surface area contributed by atoms with E-state index in [2.05, 4.69) is 11.2 Å². The average molecular weight is 300 g/mol. The smallest absolute Gasteiger partial charge is 0.265 e. The Hall–Kier alpha value is -2.13. The number of likely N-dealkylation sites (tertiary alicyclic amines) is 1. The van der Waals surface area contributed by atoms with E-state index in [0.29, 0.717) is 17.0 Å². The molecular weight excluding hydrogens is 284 g/mol. The molecule has 1 fully saturated rings. The molecule has 0 aliphatic carbocycles. The van der Waals surface area contributed by atoms with Gasteiger partial charge in [0.1, 0.15) is 10.9 Å². The summed E-state index contributed by atoms with van der Waals surface area (Å²) in [6.45, 7) is 3.48. The first-order chi connectivity index (χ1) is 10.2. The molecule has 0 spiro atoms. The molecule has 0 radical (unpaired) electrons. The number of aryl methyl sites for hydroxylation is 1. The summed E-state index contributed by atoms with van der Waals surface area (Å²) in [4.78, 5) is 15.1. The zero-order valence-electron chi connectivity index (χ0n) is 11.8. The molecule has 0 N–H and O–H groups in total. The molecule has 5 nitrogen and oxygen atoms in total. The van der Waals surface area contributed by atoms with E-state index < -0.39 is 0 Å². The van der Waals surface area contributed by atoms with Crippen LogP contribution in [-0.2, 0) is 6.54 Å². The van der Waals surface area contributed by atoms with Crippen LogP contribution in [0.15, 0.2) is 23.8 Å². The molecule has 6 heteroatoms. The van der Waals surface area contributed by atoms with E-state index in [1.54, 1.807) is 11.4 Å². The fourth-order valence-corrected chi connectivity index (χ4v) is 3.57. The minimum atomic E-state index is -0.0204. The van der Waals surface area contributed by atoms with Gasteiger partial charge in [0.05, 0.1) is 24.3 Å². The van der Waals surface area contributed by atoms with Gasteiger partial charge >= 0.3 is 0 Å². The third kappa shape index (κ3) is 2.69. The number of carbonyl (C=O) groups is 1. The molecule has 1 amide bonds. The van der Waals surface area contributed by atoms with Gasteiger partial charge in [-0.3, -0.25) is 9.48 Å². The standard InChI is InChI=1S/C15H16N4OS/c1-11-8-17-18(9-11)10-13-3-2-5-19(13)15(20)14-12(7-16)4-6-21-14/h4,6,8-9,13H,2-3,5,10H2,1H3/t13-/m0/s1. The molecule has 21 heavy (non-hydrogen) atoms. The first-order valence-electron chi connectivity index (χ1n) is 6.96. The van der Waals surface area contributed by atoms with Crippen LogP contribution < -0.4 is 0 Å². The number of nitriles is 1. The minimum absolute atomic E-state index is 0.0204. The maximum atomic E-state index is 12.6. The van der Waals surface area contributed by atoms with Crippen LogP contribution in [0, 0.1) is 18.3 Å². The van der Waals surface area contributed by atoms with Gasteiger partial charge in [-0.15, -0.1) is 11.3 Å². The number of amides is 1. The van der Waals surface area contributed by atoms with Crippen molar-refractivity contribution in [3.63, 3.8) is 0 Å². The van der Waals surface area contributed by atoms with Gasteiger partial charge in [0, 0.05) is 12.7 Å². The van der Waals surface area contributed by atoms with Gasteiger partial charge in [-0.05, 0) is 36.8 Å². The molecule has 1 saturated heterocycles. The van der Waals surface area contributed by atoms with E-state index in [9.17, 15) is 4.79 Å². The van der Waals surface area contributed by atoms with Crippen molar-refractivity contribution < 1.29 is 4.79 Å². The second-order valence-electron chi connectivity index (χ2n) is 5.31. The summed E-state index contributed by atoms with van der Waals surface area (Å²) < 4.78 is 1.89. The Morgan fingerprint density at radius 2 is 2.48 bits per heavy atom. The maximum Gasteiger partial charge on any atom is 0.265 e. The molecule has 1 atom stereocenters. The lowest BCUT2D eigenvalue weighted by atomic mass is 10.2. The first-order valence-corrected chi connectivity index (χ1v) is 7.84. The molecule has 2 aromatic rings. The predicted molar refractivity (Wildman–Crippen MR) is 80.1 cm³/mol. The number of nitrogens with zero attached hydrogens (tertiary/aromatic N) is 4. The van der Waals surface area contributed by atoms with Crippen molar-refractivity contribution in [2.75, 3.05) is 6.54 Å². The predicted octanol–water partition coefficient (Wildman–Crippen LogP) is 2.43. The second-order valence-corrected chi connectivity index (χ2v) is 6.23. The fourth-order valence-electron chi connectivity index (χ4n) is 2.77. The van der Waals surface area contributed by atoms with Gasteiger partial charge in [-0.25, -0.2) is 0 Å². The summed E-state index contributed by atoms with van der Waals surface area (Å²) in [6, 6.07) is 3.96. The third-order valence-corrected chi connectivity index (χ3v) is 4.68. The molecule has 3 rings (SSSR count). The molecule has 1 aliphatic heterocycles. The molecule has 0 bridgehead atoms. The summed E-state index contributed by atoms with van der Waals surface area (Å²) in [6.07, 6.45) is 5.81. The van der Waals surface area contributed by atoms with Crippen molar-refractivity contribution in [2.24, 2.45) is 0 Å². The number of carbonyl (C=O) groups excluding carboxylic acids is 1. The van der Waals surface area contributed by atoms with E-state index in [0.717, 1.165) is 24.9 Å². The number of hydrogen-bond donors (Lipinski definition) is 0. The van der Waals surface area contributed by atoms with Crippen molar-refractivity contribution in [2.45, 2.75) is 32.4 Å². The quantitative estimate of drug-likeness (QED) is 0.874. The van der Waals surface area contributed by atoms with Gasteiger partial charge < -0.3 is 4.90 Å². The van der Waals surface area contributed by atoms with Gasteiger partial charge in [-0.1, -0.05) is 0 Å². The van der Waals surface area contributed by atoms with Crippen LogP contribution in [0.3, 0.4) is 0 Å². The molecule has 1 aliphatic rings. The van der Waals surface area contributed by atoms with Gasteiger partial charge in [0.25, 0.3) is 5.91 Å². The van der Waals surface area contributed by atoms with E-state index in [-0.39, 0.29) is 11.9 Å². The summed E-state index contributed by atoms with van der Waals surface area (Å²) in [5, 5.41) is 15.2. The number of hydrogen-bond acceptors (Lipinski definition) is 4. The summed E-state index contributed by atoms with van der Waals surface area (Å²) in [5.74, 6) is -0.0204. The monoisotopic (exact) mass is 300 g/mol. The van der Waals surface area contributed by atoms with Crippen LogP contribution in [0.25, 0.3) is 0 Å². The maximum absolute atomic E-state index is 12.6. The average Bonchev–Trinajstić information content (AvgIpc) is 3.19. The Morgan fingerprint density at radius 1 is 1.62 bits per heavy atom. The van der Waals surface area contributed by atoms with Crippen LogP contribution in [0.1, 0.15) is 33.6 Å². The SMILES string of the molecule is Cc1cnn(C[C@@H]2CCCN2C(=O)c2sccc2C#N)c1. The van der Waals surface area contributed by atoms with Crippen molar-refractivity contribution in [1.29, 1.82) is 5.26 Å². The highest BCUT2D eigenvalue weighted by Gasteiger charge is 2.31. The molecule has 0 unspecified atom stereocenters. The second kappa shape index (κ2) is 5.70. The molecule has 3 heterocycles. The van der Waals surface area contributed by atoms with E-state index in [1.807, 2.05) is 28.9 Å². The highest BCUT2D eigenvalue weighted by molar-refractivity contribution is 7.12. The van der Waals surface area contributed by atoms with Crippen LogP contribution in [0.4, 0.5) is 0 Å². The molecule has 0 saturated carbocycles. The topological polar surface area (TPSA) is 61.9 Å². The lowest BCUT2D eigenvalue weighted by Gasteiger charge is -2.24. The van der Waals surface area contributed by atoms with Crippen molar-refractivity contribution in [1.82, 2.24) is 14.7 Å². The fraction of sp³-hybridized carbons (Fsp3) is 0.400. The van der Waals surface area contributed by atoms with Crippen molar-refractivity contribution in [3.05, 3.63) is 39.8 Å². The van der Waals surface area contributed by atoms with Crippen LogP contribution in [-0.4, -0.2) is 33.2 Å². The summed E-state index contributed by atoms with van der Waals surface area (Å²) in [7, 11) is 0.